The molecule has 7 heteroatoms. The monoisotopic (exact) mass is 300 g/mol. The summed E-state index contributed by atoms with van der Waals surface area (Å²) < 4.78 is 39.9. The van der Waals surface area contributed by atoms with Gasteiger partial charge < -0.3 is 15.0 Å². The van der Waals surface area contributed by atoms with E-state index in [-0.39, 0.29) is 25.5 Å². The van der Waals surface area contributed by atoms with E-state index in [1.54, 1.807) is 6.20 Å². The number of para-hydroxylation sites is 1. The standard InChI is InChI=1S/C14H15F3N2O2/c15-14(16,17)9-21-6-5-18-13(20)7-10-8-19-12-4-2-1-3-11(10)12/h1-4,8,19H,5-7,9H2,(H,18,20). The van der Waals surface area contributed by atoms with Crippen molar-refractivity contribution in [1.82, 2.24) is 10.3 Å². The highest BCUT2D eigenvalue weighted by Gasteiger charge is 2.27. The molecule has 21 heavy (non-hydrogen) atoms. The SMILES string of the molecule is O=C(Cc1c[nH]c2ccccc12)NCCOCC(F)(F)F. The van der Waals surface area contributed by atoms with Crippen molar-refractivity contribution in [3.63, 3.8) is 0 Å². The Morgan fingerprint density at radius 3 is 2.81 bits per heavy atom. The van der Waals surface area contributed by atoms with Crippen LogP contribution in [0.2, 0.25) is 0 Å². The van der Waals surface area contributed by atoms with Crippen molar-refractivity contribution >= 4 is 16.8 Å². The molecule has 0 atom stereocenters. The molecule has 1 aromatic heterocycles. The number of amides is 1. The summed E-state index contributed by atoms with van der Waals surface area (Å²) in [7, 11) is 0. The maximum atomic E-state index is 11.8. The van der Waals surface area contributed by atoms with E-state index in [0.29, 0.717) is 0 Å². The highest BCUT2D eigenvalue weighted by molar-refractivity contribution is 5.88. The molecular weight excluding hydrogens is 285 g/mol. The summed E-state index contributed by atoms with van der Waals surface area (Å²) in [5, 5.41) is 3.49. The van der Waals surface area contributed by atoms with Gasteiger partial charge in [0.25, 0.3) is 0 Å². The van der Waals surface area contributed by atoms with Crippen molar-refractivity contribution < 1.29 is 22.7 Å². The lowest BCUT2D eigenvalue weighted by atomic mass is 10.1. The van der Waals surface area contributed by atoms with Crippen LogP contribution >= 0.6 is 0 Å². The van der Waals surface area contributed by atoms with Gasteiger partial charge in [-0.3, -0.25) is 4.79 Å². The summed E-state index contributed by atoms with van der Waals surface area (Å²) in [5.41, 5.74) is 1.79. The average Bonchev–Trinajstić information content (AvgIpc) is 2.81. The van der Waals surface area contributed by atoms with Crippen LogP contribution in [0.1, 0.15) is 5.56 Å². The molecule has 0 saturated carbocycles. The number of hydrogen-bond acceptors (Lipinski definition) is 2. The molecule has 0 aliphatic carbocycles. The summed E-state index contributed by atoms with van der Waals surface area (Å²) in [6.45, 7) is -1.41. The first-order valence-electron chi connectivity index (χ1n) is 6.42. The molecule has 0 spiro atoms. The van der Waals surface area contributed by atoms with Crippen LogP contribution in [0.4, 0.5) is 13.2 Å². The smallest absolute Gasteiger partial charge is 0.370 e. The fourth-order valence-corrected chi connectivity index (χ4v) is 1.96. The van der Waals surface area contributed by atoms with Gasteiger partial charge in [0.05, 0.1) is 13.0 Å². The normalized spacial score (nSPS) is 11.8. The van der Waals surface area contributed by atoms with E-state index in [1.165, 1.54) is 0 Å². The molecule has 0 saturated heterocycles. The number of aromatic nitrogens is 1. The molecule has 0 unspecified atom stereocenters. The number of rotatable bonds is 6. The minimum Gasteiger partial charge on any atom is -0.370 e. The Morgan fingerprint density at radius 2 is 2.05 bits per heavy atom. The van der Waals surface area contributed by atoms with Gasteiger partial charge >= 0.3 is 6.18 Å². The van der Waals surface area contributed by atoms with E-state index >= 15 is 0 Å². The fourth-order valence-electron chi connectivity index (χ4n) is 1.96. The Morgan fingerprint density at radius 1 is 1.29 bits per heavy atom. The number of carbonyl (C=O) groups excluding carboxylic acids is 1. The summed E-state index contributed by atoms with van der Waals surface area (Å²) in [4.78, 5) is 14.8. The van der Waals surface area contributed by atoms with Gasteiger partial charge in [-0.25, -0.2) is 0 Å². The van der Waals surface area contributed by atoms with E-state index < -0.39 is 12.8 Å². The van der Waals surface area contributed by atoms with Gasteiger partial charge in [-0.15, -0.1) is 0 Å². The predicted molar refractivity (Wildman–Crippen MR) is 71.9 cm³/mol. The number of H-pyrrole nitrogens is 1. The minimum atomic E-state index is -4.34. The number of ether oxygens (including phenoxy) is 1. The van der Waals surface area contributed by atoms with E-state index in [1.807, 2.05) is 24.3 Å². The first-order valence-corrected chi connectivity index (χ1v) is 6.42. The average molecular weight is 300 g/mol. The second-order valence-electron chi connectivity index (χ2n) is 4.55. The first kappa shape index (κ1) is 15.4. The zero-order valence-corrected chi connectivity index (χ0v) is 11.2. The quantitative estimate of drug-likeness (QED) is 0.805. The van der Waals surface area contributed by atoms with Crippen LogP contribution in [0, 0.1) is 0 Å². The lowest BCUT2D eigenvalue weighted by Crippen LogP contribution is -2.29. The van der Waals surface area contributed by atoms with Crippen LogP contribution in [0.25, 0.3) is 10.9 Å². The van der Waals surface area contributed by atoms with Crippen LogP contribution in [-0.4, -0.2) is 36.8 Å². The van der Waals surface area contributed by atoms with Crippen LogP contribution in [-0.2, 0) is 16.0 Å². The predicted octanol–water partition coefficient (Wildman–Crippen LogP) is 2.41. The van der Waals surface area contributed by atoms with Gasteiger partial charge in [0.15, 0.2) is 0 Å². The maximum Gasteiger partial charge on any atom is 0.411 e. The second-order valence-corrected chi connectivity index (χ2v) is 4.55. The van der Waals surface area contributed by atoms with Crippen molar-refractivity contribution in [3.05, 3.63) is 36.0 Å². The largest absolute Gasteiger partial charge is 0.411 e. The van der Waals surface area contributed by atoms with Gasteiger partial charge in [0, 0.05) is 23.6 Å². The molecule has 114 valence electrons. The van der Waals surface area contributed by atoms with Crippen LogP contribution < -0.4 is 5.32 Å². The van der Waals surface area contributed by atoms with Gasteiger partial charge in [-0.1, -0.05) is 18.2 Å². The molecule has 2 aromatic rings. The van der Waals surface area contributed by atoms with Crippen molar-refractivity contribution in [1.29, 1.82) is 0 Å². The molecule has 1 heterocycles. The lowest BCUT2D eigenvalue weighted by molar-refractivity contribution is -0.173. The van der Waals surface area contributed by atoms with Crippen LogP contribution in [0.15, 0.2) is 30.5 Å². The first-order chi connectivity index (χ1) is 9.96. The highest BCUT2D eigenvalue weighted by Crippen LogP contribution is 2.18. The number of carbonyl (C=O) groups is 1. The zero-order chi connectivity index (χ0) is 15.3. The molecule has 0 aliphatic heterocycles. The third kappa shape index (κ3) is 4.78. The van der Waals surface area contributed by atoms with Crippen molar-refractivity contribution in [2.24, 2.45) is 0 Å². The Labute approximate surface area is 119 Å². The second kappa shape index (κ2) is 6.62. The van der Waals surface area contributed by atoms with E-state index in [9.17, 15) is 18.0 Å². The molecule has 1 amide bonds. The third-order valence-corrected chi connectivity index (χ3v) is 2.86. The van der Waals surface area contributed by atoms with E-state index in [2.05, 4.69) is 15.0 Å². The highest BCUT2D eigenvalue weighted by atomic mass is 19.4. The fraction of sp³-hybridized carbons (Fsp3) is 0.357. The Hall–Kier alpha value is -2.02. The van der Waals surface area contributed by atoms with E-state index in [4.69, 9.17) is 0 Å². The number of fused-ring (bicyclic) bond motifs is 1. The molecule has 0 radical (unpaired) electrons. The zero-order valence-electron chi connectivity index (χ0n) is 11.2. The minimum absolute atomic E-state index is 0.0528. The van der Waals surface area contributed by atoms with Crippen molar-refractivity contribution in [2.75, 3.05) is 19.8 Å². The summed E-state index contributed by atoms with van der Waals surface area (Å²) >= 11 is 0. The molecule has 2 N–H and O–H groups in total. The van der Waals surface area contributed by atoms with Crippen LogP contribution in [0.3, 0.4) is 0 Å². The van der Waals surface area contributed by atoms with Gasteiger partial charge in [-0.05, 0) is 11.6 Å². The number of benzene rings is 1. The Kier molecular flexibility index (Phi) is 4.85. The maximum absolute atomic E-state index is 11.8. The molecule has 1 aromatic carbocycles. The summed E-state index contributed by atoms with van der Waals surface area (Å²) in [5.74, 6) is -0.254. The van der Waals surface area contributed by atoms with Gasteiger partial charge in [0.2, 0.25) is 5.91 Å². The lowest BCUT2D eigenvalue weighted by Gasteiger charge is -2.08. The van der Waals surface area contributed by atoms with Crippen LogP contribution in [0.5, 0.6) is 0 Å². The molecule has 2 rings (SSSR count). The molecule has 0 aliphatic rings. The summed E-state index contributed by atoms with van der Waals surface area (Å²) in [6, 6.07) is 7.58. The van der Waals surface area contributed by atoms with E-state index in [0.717, 1.165) is 16.5 Å². The topological polar surface area (TPSA) is 54.1 Å². The Balaban J connectivity index is 1.75. The number of aromatic amines is 1. The molecule has 0 fully saturated rings. The molecule has 4 nitrogen and oxygen atoms in total. The van der Waals surface area contributed by atoms with Gasteiger partial charge in [0.1, 0.15) is 6.61 Å². The number of nitrogens with one attached hydrogen (secondary N) is 2. The van der Waals surface area contributed by atoms with Crippen molar-refractivity contribution in [2.45, 2.75) is 12.6 Å². The number of hydrogen-bond donors (Lipinski definition) is 2. The van der Waals surface area contributed by atoms with Crippen molar-refractivity contribution in [3.8, 4) is 0 Å². The molecule has 0 bridgehead atoms. The Bertz CT molecular complexity index is 608. The number of halogens is 3. The molecular formula is C14H15F3N2O2. The van der Waals surface area contributed by atoms with Gasteiger partial charge in [-0.2, -0.15) is 13.2 Å². The third-order valence-electron chi connectivity index (χ3n) is 2.86. The summed E-state index contributed by atoms with van der Waals surface area (Å²) in [6.07, 6.45) is -2.41. The number of alkyl halides is 3.